The lowest BCUT2D eigenvalue weighted by Gasteiger charge is -2.14. The molecule has 1 amide bonds. The zero-order chi connectivity index (χ0) is 16.4. The fourth-order valence-electron chi connectivity index (χ4n) is 2.27. The molecule has 2 aromatic heterocycles. The second-order valence-electron chi connectivity index (χ2n) is 5.33. The highest BCUT2D eigenvalue weighted by Gasteiger charge is 2.14. The van der Waals surface area contributed by atoms with Crippen LogP contribution in [0.1, 0.15) is 15.9 Å². The Labute approximate surface area is 132 Å². The van der Waals surface area contributed by atoms with Crippen molar-refractivity contribution in [3.63, 3.8) is 0 Å². The molecule has 0 aliphatic carbocycles. The van der Waals surface area contributed by atoms with Gasteiger partial charge in [-0.25, -0.2) is 9.07 Å². The number of carbonyl (C=O) groups is 1. The van der Waals surface area contributed by atoms with E-state index in [0.717, 1.165) is 11.3 Å². The van der Waals surface area contributed by atoms with Crippen LogP contribution < -0.4 is 0 Å². The summed E-state index contributed by atoms with van der Waals surface area (Å²) in [6, 6.07) is 6.07. The summed E-state index contributed by atoms with van der Waals surface area (Å²) in [5, 5.41) is 8.25. The average Bonchev–Trinajstić information content (AvgIpc) is 3.16. The molecule has 0 bridgehead atoms. The molecule has 0 aliphatic rings. The van der Waals surface area contributed by atoms with Gasteiger partial charge in [-0.3, -0.25) is 9.48 Å². The Morgan fingerprint density at radius 3 is 2.57 bits per heavy atom. The van der Waals surface area contributed by atoms with Gasteiger partial charge in [0.2, 0.25) is 0 Å². The summed E-state index contributed by atoms with van der Waals surface area (Å²) in [4.78, 5) is 13.9. The van der Waals surface area contributed by atoms with E-state index in [4.69, 9.17) is 0 Å². The molecule has 3 aromatic rings. The molecule has 0 atom stereocenters. The second kappa shape index (κ2) is 6.04. The molecule has 0 radical (unpaired) electrons. The molecule has 3 rings (SSSR count). The topological polar surface area (TPSA) is 56.0 Å². The molecule has 0 N–H and O–H groups in total. The van der Waals surface area contributed by atoms with Gasteiger partial charge in [-0.05, 0) is 24.3 Å². The number of rotatable bonds is 4. The van der Waals surface area contributed by atoms with Gasteiger partial charge >= 0.3 is 0 Å². The van der Waals surface area contributed by atoms with Crippen molar-refractivity contribution in [3.8, 4) is 5.69 Å². The minimum atomic E-state index is -0.289. The third-order valence-corrected chi connectivity index (χ3v) is 3.45. The molecule has 23 heavy (non-hydrogen) atoms. The number of nitrogens with zero attached hydrogens (tertiary/aromatic N) is 5. The zero-order valence-electron chi connectivity index (χ0n) is 12.8. The monoisotopic (exact) mass is 313 g/mol. The normalized spacial score (nSPS) is 10.7. The van der Waals surface area contributed by atoms with Gasteiger partial charge in [0.25, 0.3) is 5.91 Å². The number of carbonyl (C=O) groups excluding carboxylic acids is 1. The van der Waals surface area contributed by atoms with Gasteiger partial charge in [-0.15, -0.1) is 0 Å². The van der Waals surface area contributed by atoms with Crippen molar-refractivity contribution in [2.45, 2.75) is 6.54 Å². The Hall–Kier alpha value is -2.96. The van der Waals surface area contributed by atoms with Gasteiger partial charge in [0, 0.05) is 38.6 Å². The molecule has 2 heterocycles. The Morgan fingerprint density at radius 2 is 1.91 bits per heavy atom. The molecule has 1 aromatic carbocycles. The summed E-state index contributed by atoms with van der Waals surface area (Å²) in [6.07, 6.45) is 6.73. The van der Waals surface area contributed by atoms with E-state index >= 15 is 0 Å². The van der Waals surface area contributed by atoms with Crippen molar-refractivity contribution in [1.82, 2.24) is 24.5 Å². The fraction of sp³-hybridized carbons (Fsp3) is 0.188. The van der Waals surface area contributed by atoms with E-state index in [1.54, 1.807) is 59.1 Å². The molecular weight excluding hydrogens is 297 g/mol. The average molecular weight is 313 g/mol. The van der Waals surface area contributed by atoms with Crippen LogP contribution >= 0.6 is 0 Å². The SMILES string of the molecule is CN(Cc1cnn(-c2ccc(F)cc2)c1)C(=O)c1cnn(C)c1. The number of benzene rings is 1. The first-order chi connectivity index (χ1) is 11.0. The largest absolute Gasteiger partial charge is 0.337 e. The van der Waals surface area contributed by atoms with Gasteiger partial charge in [0.15, 0.2) is 0 Å². The van der Waals surface area contributed by atoms with Crippen LogP contribution in [0.15, 0.2) is 49.1 Å². The maximum Gasteiger partial charge on any atom is 0.257 e. The highest BCUT2D eigenvalue weighted by atomic mass is 19.1. The van der Waals surface area contributed by atoms with Crippen LogP contribution in [0, 0.1) is 5.82 Å². The number of halogens is 1. The molecule has 0 spiro atoms. The van der Waals surface area contributed by atoms with E-state index in [2.05, 4.69) is 10.2 Å². The summed E-state index contributed by atoms with van der Waals surface area (Å²) < 4.78 is 16.2. The van der Waals surface area contributed by atoms with E-state index in [9.17, 15) is 9.18 Å². The number of amides is 1. The molecule has 7 heteroatoms. The van der Waals surface area contributed by atoms with Crippen LogP contribution in [-0.4, -0.2) is 37.4 Å². The first-order valence-electron chi connectivity index (χ1n) is 7.06. The van der Waals surface area contributed by atoms with Crippen LogP contribution in [0.3, 0.4) is 0 Å². The van der Waals surface area contributed by atoms with Gasteiger partial charge < -0.3 is 4.90 Å². The number of hydrogen-bond acceptors (Lipinski definition) is 3. The Morgan fingerprint density at radius 1 is 1.17 bits per heavy atom. The van der Waals surface area contributed by atoms with Gasteiger partial charge in [-0.1, -0.05) is 0 Å². The lowest BCUT2D eigenvalue weighted by Crippen LogP contribution is -2.25. The van der Waals surface area contributed by atoms with E-state index in [-0.39, 0.29) is 11.7 Å². The molecule has 0 fully saturated rings. The van der Waals surface area contributed by atoms with E-state index in [1.165, 1.54) is 12.1 Å². The van der Waals surface area contributed by atoms with Crippen molar-refractivity contribution in [1.29, 1.82) is 0 Å². The minimum Gasteiger partial charge on any atom is -0.337 e. The maximum absolute atomic E-state index is 13.0. The summed E-state index contributed by atoms with van der Waals surface area (Å²) >= 11 is 0. The summed E-state index contributed by atoms with van der Waals surface area (Å²) in [5.41, 5.74) is 2.19. The fourth-order valence-corrected chi connectivity index (χ4v) is 2.27. The smallest absolute Gasteiger partial charge is 0.257 e. The lowest BCUT2D eigenvalue weighted by molar-refractivity contribution is 0.0785. The summed E-state index contributed by atoms with van der Waals surface area (Å²) in [7, 11) is 3.49. The minimum absolute atomic E-state index is 0.104. The predicted molar refractivity (Wildman–Crippen MR) is 82.5 cm³/mol. The van der Waals surface area contributed by atoms with Crippen molar-refractivity contribution in [2.75, 3.05) is 7.05 Å². The summed E-state index contributed by atoms with van der Waals surface area (Å²) in [6.45, 7) is 0.426. The number of aromatic nitrogens is 4. The molecular formula is C16H16FN5O. The Bertz CT molecular complexity index is 821. The second-order valence-corrected chi connectivity index (χ2v) is 5.33. The lowest BCUT2D eigenvalue weighted by atomic mass is 10.2. The van der Waals surface area contributed by atoms with Crippen molar-refractivity contribution < 1.29 is 9.18 Å². The Balaban J connectivity index is 1.71. The van der Waals surface area contributed by atoms with Crippen molar-refractivity contribution >= 4 is 5.91 Å². The highest BCUT2D eigenvalue weighted by molar-refractivity contribution is 5.93. The van der Waals surface area contributed by atoms with Crippen molar-refractivity contribution in [3.05, 3.63) is 66.0 Å². The Kier molecular flexibility index (Phi) is 3.92. The van der Waals surface area contributed by atoms with Crippen LogP contribution in [0.25, 0.3) is 5.69 Å². The van der Waals surface area contributed by atoms with E-state index < -0.39 is 0 Å². The maximum atomic E-state index is 13.0. The van der Waals surface area contributed by atoms with Gasteiger partial charge in [0.1, 0.15) is 5.82 Å². The van der Waals surface area contributed by atoms with Crippen LogP contribution in [-0.2, 0) is 13.6 Å². The first-order valence-corrected chi connectivity index (χ1v) is 7.06. The van der Waals surface area contributed by atoms with Crippen molar-refractivity contribution in [2.24, 2.45) is 7.05 Å². The van der Waals surface area contributed by atoms with Gasteiger partial charge in [-0.2, -0.15) is 10.2 Å². The first kappa shape index (κ1) is 15.0. The zero-order valence-corrected chi connectivity index (χ0v) is 12.8. The van der Waals surface area contributed by atoms with Crippen LogP contribution in [0.2, 0.25) is 0 Å². The third kappa shape index (κ3) is 3.28. The quantitative estimate of drug-likeness (QED) is 0.740. The van der Waals surface area contributed by atoms with Gasteiger partial charge in [0.05, 0.1) is 23.6 Å². The number of hydrogen-bond donors (Lipinski definition) is 0. The molecule has 6 nitrogen and oxygen atoms in total. The molecule has 0 saturated heterocycles. The molecule has 0 unspecified atom stereocenters. The highest BCUT2D eigenvalue weighted by Crippen LogP contribution is 2.12. The van der Waals surface area contributed by atoms with Crippen LogP contribution in [0.5, 0.6) is 0 Å². The van der Waals surface area contributed by atoms with E-state index in [0.29, 0.717) is 12.1 Å². The molecule has 0 aliphatic heterocycles. The van der Waals surface area contributed by atoms with E-state index in [1.807, 2.05) is 6.20 Å². The molecule has 118 valence electrons. The predicted octanol–water partition coefficient (Wildman–Crippen LogP) is 2.02. The van der Waals surface area contributed by atoms with Crippen LogP contribution in [0.4, 0.5) is 4.39 Å². The summed E-state index contributed by atoms with van der Waals surface area (Å²) in [5.74, 6) is -0.393. The third-order valence-electron chi connectivity index (χ3n) is 3.45. The number of aryl methyl sites for hydroxylation is 1. The standard InChI is InChI=1S/C16H16FN5O/c1-20(16(23)13-8-18-21(2)11-13)9-12-7-19-22(10-12)15-5-3-14(17)4-6-15/h3-8,10-11H,9H2,1-2H3. The molecule has 0 saturated carbocycles.